The lowest BCUT2D eigenvalue weighted by Crippen LogP contribution is -2.31. The van der Waals surface area contributed by atoms with E-state index in [-0.39, 0.29) is 26.7 Å². The molecule has 1 aliphatic rings. The van der Waals surface area contributed by atoms with Crippen molar-refractivity contribution in [2.24, 2.45) is 11.7 Å². The maximum Gasteiger partial charge on any atom is 0.182 e. The Hall–Kier alpha value is -0.290. The predicted octanol–water partition coefficient (Wildman–Crippen LogP) is 2.50. The number of rotatable bonds is 4. The lowest BCUT2D eigenvalue weighted by molar-refractivity contribution is 0.574. The molecular formula is C11H13Cl2NO2S. The zero-order chi connectivity index (χ0) is 12.6. The lowest BCUT2D eigenvalue weighted by atomic mass is 10.2. The highest BCUT2D eigenvalue weighted by atomic mass is 35.5. The van der Waals surface area contributed by atoms with Crippen LogP contribution in [0.5, 0.6) is 0 Å². The van der Waals surface area contributed by atoms with Gasteiger partial charge in [0, 0.05) is 6.04 Å². The van der Waals surface area contributed by atoms with E-state index in [1.165, 1.54) is 12.1 Å². The molecule has 0 aliphatic heterocycles. The molecule has 6 heteroatoms. The topological polar surface area (TPSA) is 60.2 Å². The molecule has 3 nitrogen and oxygen atoms in total. The molecule has 0 heterocycles. The molecule has 1 saturated carbocycles. The van der Waals surface area contributed by atoms with E-state index in [4.69, 9.17) is 28.9 Å². The van der Waals surface area contributed by atoms with E-state index >= 15 is 0 Å². The van der Waals surface area contributed by atoms with Gasteiger partial charge in [-0.15, -0.1) is 0 Å². The van der Waals surface area contributed by atoms with E-state index in [0.717, 1.165) is 12.8 Å². The molecule has 2 N–H and O–H groups in total. The first-order valence-electron chi connectivity index (χ1n) is 5.34. The normalized spacial score (nSPS) is 18.1. The van der Waals surface area contributed by atoms with E-state index in [9.17, 15) is 8.42 Å². The zero-order valence-electron chi connectivity index (χ0n) is 9.07. The minimum atomic E-state index is -3.51. The van der Waals surface area contributed by atoms with Crippen molar-refractivity contribution >= 4 is 33.0 Å². The minimum absolute atomic E-state index is 0.000525. The molecule has 1 aromatic carbocycles. The first kappa shape index (κ1) is 13.1. The lowest BCUT2D eigenvalue weighted by Gasteiger charge is -2.13. The third-order valence-electron chi connectivity index (χ3n) is 2.87. The molecule has 94 valence electrons. The maximum atomic E-state index is 12.2. The second-order valence-electron chi connectivity index (χ2n) is 4.33. The van der Waals surface area contributed by atoms with Gasteiger partial charge in [-0.2, -0.15) is 0 Å². The van der Waals surface area contributed by atoms with Crippen LogP contribution in [0, 0.1) is 5.92 Å². The fraction of sp³-hybridized carbons (Fsp3) is 0.455. The average molecular weight is 294 g/mol. The van der Waals surface area contributed by atoms with Crippen LogP contribution in [0.1, 0.15) is 12.8 Å². The number of nitrogens with two attached hydrogens (primary N) is 1. The monoisotopic (exact) mass is 293 g/mol. The Bertz CT molecular complexity index is 506. The Balaban J connectivity index is 2.30. The van der Waals surface area contributed by atoms with Crippen molar-refractivity contribution in [3.05, 3.63) is 28.2 Å². The summed E-state index contributed by atoms with van der Waals surface area (Å²) in [7, 11) is -3.51. The quantitative estimate of drug-likeness (QED) is 0.928. The van der Waals surface area contributed by atoms with Crippen LogP contribution in [0.25, 0.3) is 0 Å². The molecule has 1 aromatic rings. The minimum Gasteiger partial charge on any atom is -0.327 e. The number of benzene rings is 1. The van der Waals surface area contributed by atoms with E-state index in [0.29, 0.717) is 5.92 Å². The summed E-state index contributed by atoms with van der Waals surface area (Å²) >= 11 is 11.8. The van der Waals surface area contributed by atoms with Crippen LogP contribution in [0.4, 0.5) is 0 Å². The molecule has 0 bridgehead atoms. The van der Waals surface area contributed by atoms with Crippen LogP contribution in [0.2, 0.25) is 10.0 Å². The van der Waals surface area contributed by atoms with Gasteiger partial charge < -0.3 is 5.73 Å². The number of hydrogen-bond donors (Lipinski definition) is 1. The van der Waals surface area contributed by atoms with Gasteiger partial charge in [-0.3, -0.25) is 0 Å². The molecule has 17 heavy (non-hydrogen) atoms. The van der Waals surface area contributed by atoms with Crippen LogP contribution in [-0.2, 0) is 9.84 Å². The van der Waals surface area contributed by atoms with Crippen molar-refractivity contribution in [1.29, 1.82) is 0 Å². The molecule has 0 radical (unpaired) electrons. The summed E-state index contributed by atoms with van der Waals surface area (Å²) in [6.45, 7) is 0. The summed E-state index contributed by atoms with van der Waals surface area (Å²) < 4.78 is 24.3. The van der Waals surface area contributed by atoms with E-state index in [1.807, 2.05) is 0 Å². The Labute approximate surface area is 111 Å². The Morgan fingerprint density at radius 3 is 2.29 bits per heavy atom. The van der Waals surface area contributed by atoms with Crippen LogP contribution in [0.3, 0.4) is 0 Å². The Morgan fingerprint density at radius 1 is 1.29 bits per heavy atom. The van der Waals surface area contributed by atoms with Gasteiger partial charge in [-0.05, 0) is 30.9 Å². The van der Waals surface area contributed by atoms with Gasteiger partial charge in [0.25, 0.3) is 0 Å². The van der Waals surface area contributed by atoms with Gasteiger partial charge >= 0.3 is 0 Å². The number of sulfone groups is 1. The summed E-state index contributed by atoms with van der Waals surface area (Å²) in [4.78, 5) is -0.000525. The molecule has 2 rings (SSSR count). The number of halogens is 2. The molecule has 0 saturated heterocycles. The predicted molar refractivity (Wildman–Crippen MR) is 69.2 cm³/mol. The van der Waals surface area contributed by atoms with Crippen molar-refractivity contribution in [2.75, 3.05) is 5.75 Å². The van der Waals surface area contributed by atoms with Crippen molar-refractivity contribution in [1.82, 2.24) is 0 Å². The first-order valence-corrected chi connectivity index (χ1v) is 7.75. The highest BCUT2D eigenvalue weighted by Crippen LogP contribution is 2.35. The molecule has 1 fully saturated rings. The summed E-state index contributed by atoms with van der Waals surface area (Å²) in [5.74, 6) is 0.229. The Kier molecular flexibility index (Phi) is 3.69. The summed E-state index contributed by atoms with van der Waals surface area (Å²) in [6, 6.07) is 4.32. The van der Waals surface area contributed by atoms with Crippen molar-refractivity contribution in [3.63, 3.8) is 0 Å². The van der Waals surface area contributed by atoms with Crippen molar-refractivity contribution in [2.45, 2.75) is 23.8 Å². The van der Waals surface area contributed by atoms with Gasteiger partial charge in [0.1, 0.15) is 4.90 Å². The van der Waals surface area contributed by atoms with Crippen LogP contribution >= 0.6 is 23.2 Å². The van der Waals surface area contributed by atoms with E-state index in [2.05, 4.69) is 0 Å². The second kappa shape index (κ2) is 4.76. The molecule has 0 spiro atoms. The summed E-state index contributed by atoms with van der Waals surface area (Å²) in [5, 5.41) is 0.306. The molecule has 1 aliphatic carbocycles. The maximum absolute atomic E-state index is 12.2. The highest BCUT2D eigenvalue weighted by Gasteiger charge is 2.33. The standard InChI is InChI=1S/C11H13Cl2NO2S/c12-8-2-1-3-9(13)11(8)17(15,16)6-10(14)7-4-5-7/h1-3,7,10H,4-6,14H2. The molecular weight excluding hydrogens is 281 g/mol. The van der Waals surface area contributed by atoms with Gasteiger partial charge in [-0.1, -0.05) is 29.3 Å². The second-order valence-corrected chi connectivity index (χ2v) is 7.12. The van der Waals surface area contributed by atoms with Crippen molar-refractivity contribution < 1.29 is 8.42 Å². The van der Waals surface area contributed by atoms with Gasteiger partial charge in [-0.25, -0.2) is 8.42 Å². The molecule has 0 aromatic heterocycles. The van der Waals surface area contributed by atoms with Crippen LogP contribution in [0.15, 0.2) is 23.1 Å². The van der Waals surface area contributed by atoms with Crippen LogP contribution < -0.4 is 5.73 Å². The zero-order valence-corrected chi connectivity index (χ0v) is 11.4. The summed E-state index contributed by atoms with van der Waals surface area (Å²) in [5.41, 5.74) is 5.84. The molecule has 0 amide bonds. The van der Waals surface area contributed by atoms with Gasteiger partial charge in [0.2, 0.25) is 0 Å². The Morgan fingerprint density at radius 2 is 1.82 bits per heavy atom. The fourth-order valence-electron chi connectivity index (χ4n) is 1.78. The summed E-state index contributed by atoms with van der Waals surface area (Å²) in [6.07, 6.45) is 2.01. The third kappa shape index (κ3) is 2.94. The number of hydrogen-bond acceptors (Lipinski definition) is 3. The smallest absolute Gasteiger partial charge is 0.182 e. The van der Waals surface area contributed by atoms with Gasteiger partial charge in [0.05, 0.1) is 15.8 Å². The van der Waals surface area contributed by atoms with E-state index < -0.39 is 9.84 Å². The third-order valence-corrected chi connectivity index (χ3v) is 5.61. The molecule has 1 atom stereocenters. The largest absolute Gasteiger partial charge is 0.327 e. The highest BCUT2D eigenvalue weighted by molar-refractivity contribution is 7.91. The average Bonchev–Trinajstić information content (AvgIpc) is 2.98. The SMILES string of the molecule is NC(CS(=O)(=O)c1c(Cl)cccc1Cl)C1CC1. The van der Waals surface area contributed by atoms with E-state index in [1.54, 1.807) is 6.07 Å². The van der Waals surface area contributed by atoms with Crippen LogP contribution in [-0.4, -0.2) is 20.2 Å². The van der Waals surface area contributed by atoms with Crippen molar-refractivity contribution in [3.8, 4) is 0 Å². The van der Waals surface area contributed by atoms with Gasteiger partial charge in [0.15, 0.2) is 9.84 Å². The fourth-order valence-corrected chi connectivity index (χ4v) is 4.56. The molecule has 1 unspecified atom stereocenters. The first-order chi connectivity index (χ1) is 7.92.